The van der Waals surface area contributed by atoms with Crippen molar-refractivity contribution in [2.45, 2.75) is 6.92 Å². The van der Waals surface area contributed by atoms with Crippen molar-refractivity contribution in [1.29, 1.82) is 0 Å². The van der Waals surface area contributed by atoms with Gasteiger partial charge in [0.15, 0.2) is 0 Å². The topological polar surface area (TPSA) is 101 Å². The van der Waals surface area contributed by atoms with E-state index in [1.165, 1.54) is 0 Å². The lowest BCUT2D eigenvalue weighted by molar-refractivity contribution is 0.195. The van der Waals surface area contributed by atoms with Crippen LogP contribution in [0.15, 0.2) is 0 Å². The van der Waals surface area contributed by atoms with E-state index >= 15 is 0 Å². The number of nitrogens with one attached hydrogen (secondary N) is 1. The zero-order valence-electron chi connectivity index (χ0n) is 6.13. The summed E-state index contributed by atoms with van der Waals surface area (Å²) in [4.78, 5) is 9.59. The summed E-state index contributed by atoms with van der Waals surface area (Å²) < 4.78 is 0. The number of rotatable bonds is 2. The van der Waals surface area contributed by atoms with Crippen LogP contribution in [-0.2, 0) is 0 Å². The maximum Gasteiger partial charge on any atom is 0.404 e. The molecule has 6 N–H and O–H groups in total. The van der Waals surface area contributed by atoms with Gasteiger partial charge in [-0.05, 0) is 6.54 Å². The van der Waals surface area contributed by atoms with Crippen molar-refractivity contribution in [2.75, 3.05) is 19.6 Å². The molecule has 5 nitrogen and oxygen atoms in total. The number of hydrogen-bond donors (Lipinski definition) is 4. The van der Waals surface area contributed by atoms with Crippen LogP contribution in [0.5, 0.6) is 0 Å². The van der Waals surface area contributed by atoms with Gasteiger partial charge in [-0.1, -0.05) is 6.92 Å². The molecule has 5 heteroatoms. The molecule has 10 heavy (non-hydrogen) atoms. The second-order valence-electron chi connectivity index (χ2n) is 1.43. The molecule has 0 aromatic rings. The largest absolute Gasteiger partial charge is 0.465 e. The van der Waals surface area contributed by atoms with E-state index in [1.54, 1.807) is 0 Å². The summed E-state index contributed by atoms with van der Waals surface area (Å²) in [5, 5.41) is 9.96. The fraction of sp³-hybridized carbons (Fsp3) is 0.800. The van der Waals surface area contributed by atoms with Crippen molar-refractivity contribution in [1.82, 2.24) is 5.32 Å². The van der Waals surface area contributed by atoms with E-state index in [9.17, 15) is 4.79 Å². The molecule has 0 atom stereocenters. The molecule has 0 rings (SSSR count). The Labute approximate surface area is 60.4 Å². The third-order valence-corrected chi connectivity index (χ3v) is 0.421. The minimum absolute atomic E-state index is 0.329. The van der Waals surface area contributed by atoms with Crippen LogP contribution in [0.2, 0.25) is 0 Å². The first-order valence-electron chi connectivity index (χ1n) is 3.05. The monoisotopic (exact) mass is 149 g/mol. The Morgan fingerprint density at radius 3 is 2.10 bits per heavy atom. The number of amides is 1. The van der Waals surface area contributed by atoms with Gasteiger partial charge in [0.1, 0.15) is 0 Å². The molecule has 0 unspecified atom stereocenters. The highest BCUT2D eigenvalue weighted by Gasteiger charge is 1.86. The summed E-state index contributed by atoms with van der Waals surface area (Å²) in [5.41, 5.74) is 9.80. The lowest BCUT2D eigenvalue weighted by atomic mass is 10.7. The molecular weight excluding hydrogens is 134 g/mol. The molecule has 0 aliphatic heterocycles. The number of carboxylic acid groups (broad SMARTS) is 1. The van der Waals surface area contributed by atoms with Crippen LogP contribution in [0.1, 0.15) is 6.92 Å². The molecule has 0 spiro atoms. The zero-order valence-corrected chi connectivity index (χ0v) is 6.13. The van der Waals surface area contributed by atoms with Crippen LogP contribution in [0.4, 0.5) is 4.79 Å². The average molecular weight is 149 g/mol. The molecule has 0 aromatic heterocycles. The molecule has 0 saturated carbocycles. The van der Waals surface area contributed by atoms with Gasteiger partial charge in [0.05, 0.1) is 0 Å². The lowest BCUT2D eigenvalue weighted by Gasteiger charge is -1.92. The molecule has 0 saturated heterocycles. The summed E-state index contributed by atoms with van der Waals surface area (Å²) >= 11 is 0. The van der Waals surface area contributed by atoms with Crippen LogP contribution in [0.25, 0.3) is 0 Å². The predicted octanol–water partition coefficient (Wildman–Crippen LogP) is -0.822. The highest BCUT2D eigenvalue weighted by molar-refractivity contribution is 5.64. The average Bonchev–Trinajstić information content (AvgIpc) is 1.85. The van der Waals surface area contributed by atoms with E-state index in [4.69, 9.17) is 16.6 Å². The van der Waals surface area contributed by atoms with E-state index in [-0.39, 0.29) is 0 Å². The Bertz CT molecular complexity index is 77.3. The summed E-state index contributed by atoms with van der Waals surface area (Å²) in [6.45, 7) is 3.33. The van der Waals surface area contributed by atoms with Gasteiger partial charge in [-0.25, -0.2) is 4.79 Å². The van der Waals surface area contributed by atoms with Crippen LogP contribution >= 0.6 is 0 Å². The Hall–Kier alpha value is -0.810. The maximum absolute atomic E-state index is 9.59. The summed E-state index contributed by atoms with van der Waals surface area (Å²) in [6.07, 6.45) is -1.02. The van der Waals surface area contributed by atoms with Crippen molar-refractivity contribution in [3.05, 3.63) is 0 Å². The quantitative estimate of drug-likeness (QED) is 0.412. The van der Waals surface area contributed by atoms with Crippen molar-refractivity contribution >= 4 is 6.09 Å². The van der Waals surface area contributed by atoms with Gasteiger partial charge >= 0.3 is 6.09 Å². The van der Waals surface area contributed by atoms with Gasteiger partial charge in [-0.15, -0.1) is 0 Å². The van der Waals surface area contributed by atoms with Gasteiger partial charge < -0.3 is 21.9 Å². The fourth-order valence-corrected chi connectivity index (χ4v) is 0.179. The van der Waals surface area contributed by atoms with Gasteiger partial charge in [-0.3, -0.25) is 0 Å². The molecule has 0 fully saturated rings. The molecular formula is C5H15N3O2. The minimum atomic E-state index is -1.02. The normalized spacial score (nSPS) is 7.50. The SMILES string of the molecule is CCN.NCCNC(=O)O. The smallest absolute Gasteiger partial charge is 0.404 e. The number of nitrogens with two attached hydrogens (primary N) is 2. The van der Waals surface area contributed by atoms with Gasteiger partial charge in [0.2, 0.25) is 0 Å². The molecule has 0 heterocycles. The van der Waals surface area contributed by atoms with Gasteiger partial charge in [0, 0.05) is 13.1 Å². The van der Waals surface area contributed by atoms with Crippen molar-refractivity contribution < 1.29 is 9.90 Å². The molecule has 62 valence electrons. The van der Waals surface area contributed by atoms with Crippen LogP contribution in [0.3, 0.4) is 0 Å². The second-order valence-corrected chi connectivity index (χ2v) is 1.43. The van der Waals surface area contributed by atoms with E-state index in [1.807, 2.05) is 6.92 Å². The van der Waals surface area contributed by atoms with Gasteiger partial charge in [-0.2, -0.15) is 0 Å². The Morgan fingerprint density at radius 1 is 1.60 bits per heavy atom. The molecule has 0 aliphatic rings. The highest BCUT2D eigenvalue weighted by atomic mass is 16.4. The first-order chi connectivity index (χ1) is 4.68. The van der Waals surface area contributed by atoms with Crippen LogP contribution in [0, 0.1) is 0 Å². The second kappa shape index (κ2) is 11.0. The molecule has 1 amide bonds. The molecule has 0 aromatic carbocycles. The van der Waals surface area contributed by atoms with E-state index in [0.717, 1.165) is 6.54 Å². The fourth-order valence-electron chi connectivity index (χ4n) is 0.179. The third kappa shape index (κ3) is 27.1. The molecule has 0 bridgehead atoms. The van der Waals surface area contributed by atoms with Crippen LogP contribution < -0.4 is 16.8 Å². The number of carbonyl (C=O) groups is 1. The van der Waals surface area contributed by atoms with Crippen molar-refractivity contribution in [3.8, 4) is 0 Å². The van der Waals surface area contributed by atoms with Gasteiger partial charge in [0.25, 0.3) is 0 Å². The van der Waals surface area contributed by atoms with E-state index in [0.29, 0.717) is 13.1 Å². The number of hydrogen-bond acceptors (Lipinski definition) is 3. The summed E-state index contributed by atoms with van der Waals surface area (Å²) in [6, 6.07) is 0. The maximum atomic E-state index is 9.59. The Balaban J connectivity index is 0. The summed E-state index contributed by atoms with van der Waals surface area (Å²) in [5.74, 6) is 0. The van der Waals surface area contributed by atoms with E-state index in [2.05, 4.69) is 5.32 Å². The predicted molar refractivity (Wildman–Crippen MR) is 39.8 cm³/mol. The third-order valence-electron chi connectivity index (χ3n) is 0.421. The molecule has 0 radical (unpaired) electrons. The Kier molecular flexibility index (Phi) is 13.2. The zero-order chi connectivity index (χ0) is 8.41. The molecule has 0 aliphatic carbocycles. The minimum Gasteiger partial charge on any atom is -0.465 e. The Morgan fingerprint density at radius 2 is 2.00 bits per heavy atom. The van der Waals surface area contributed by atoms with Crippen molar-refractivity contribution in [2.24, 2.45) is 11.5 Å². The lowest BCUT2D eigenvalue weighted by Crippen LogP contribution is -2.27. The van der Waals surface area contributed by atoms with E-state index < -0.39 is 6.09 Å². The summed E-state index contributed by atoms with van der Waals surface area (Å²) in [7, 11) is 0. The van der Waals surface area contributed by atoms with Crippen molar-refractivity contribution in [3.63, 3.8) is 0 Å². The first-order valence-corrected chi connectivity index (χ1v) is 3.05. The first kappa shape index (κ1) is 11.9. The highest BCUT2D eigenvalue weighted by Crippen LogP contribution is 1.54. The van der Waals surface area contributed by atoms with Crippen LogP contribution in [-0.4, -0.2) is 30.8 Å². The standard InChI is InChI=1S/C3H8N2O2.C2H7N/c4-1-2-5-3(6)7;1-2-3/h5H,1-2,4H2,(H,6,7);2-3H2,1H3.